The summed E-state index contributed by atoms with van der Waals surface area (Å²) in [6.45, 7) is 7.25. The number of carbonyl (C=O) groups excluding carboxylic acids is 1. The molecule has 5 rings (SSSR count). The molecule has 1 N–H and O–H groups in total. The van der Waals surface area contributed by atoms with Crippen molar-refractivity contribution in [1.29, 1.82) is 0 Å². The minimum Gasteiger partial charge on any atom is -0.444 e. The minimum atomic E-state index is -0.647. The van der Waals surface area contributed by atoms with Crippen molar-refractivity contribution in [2.24, 2.45) is 0 Å². The Morgan fingerprint density at radius 3 is 2.50 bits per heavy atom. The van der Waals surface area contributed by atoms with Gasteiger partial charge in [0.15, 0.2) is 0 Å². The van der Waals surface area contributed by atoms with Crippen LogP contribution in [0, 0.1) is 11.6 Å². The third kappa shape index (κ3) is 7.69. The van der Waals surface area contributed by atoms with Gasteiger partial charge in [-0.25, -0.2) is 18.6 Å². The summed E-state index contributed by atoms with van der Waals surface area (Å²) in [6, 6.07) is 13.0. The number of anilines is 2. The summed E-state index contributed by atoms with van der Waals surface area (Å²) in [6.07, 6.45) is 4.15. The summed E-state index contributed by atoms with van der Waals surface area (Å²) in [5.74, 6) is 0.104. The van der Waals surface area contributed by atoms with E-state index in [1.165, 1.54) is 30.3 Å². The number of hydrogen-bond acceptors (Lipinski definition) is 6. The third-order valence-corrected chi connectivity index (χ3v) is 8.59. The number of amides is 1. The number of rotatable bonds is 8. The van der Waals surface area contributed by atoms with Gasteiger partial charge in [0.05, 0.1) is 5.02 Å². The van der Waals surface area contributed by atoms with Gasteiger partial charge in [-0.05, 0) is 74.8 Å². The van der Waals surface area contributed by atoms with E-state index in [1.54, 1.807) is 24.4 Å². The fourth-order valence-electron chi connectivity index (χ4n) is 5.82. The first kappa shape index (κ1) is 30.5. The topological polar surface area (TPSA) is 60.9 Å². The Labute approximate surface area is 255 Å². The summed E-state index contributed by atoms with van der Waals surface area (Å²) in [5, 5.41) is 3.50. The summed E-state index contributed by atoms with van der Waals surface area (Å²) >= 11 is 12.6. The van der Waals surface area contributed by atoms with E-state index in [9.17, 15) is 13.6 Å². The van der Waals surface area contributed by atoms with E-state index in [4.69, 9.17) is 27.9 Å². The highest BCUT2D eigenvalue weighted by Crippen LogP contribution is 2.30. The number of nitrogens with zero attached hydrogens (tertiary/aromatic N) is 4. The molecule has 0 spiro atoms. The number of aromatic nitrogens is 1. The van der Waals surface area contributed by atoms with Gasteiger partial charge in [0, 0.05) is 66.3 Å². The highest BCUT2D eigenvalue weighted by atomic mass is 35.5. The van der Waals surface area contributed by atoms with Gasteiger partial charge in [-0.3, -0.25) is 15.1 Å². The smallest absolute Gasteiger partial charge is 0.411 e. The van der Waals surface area contributed by atoms with Crippen LogP contribution in [0.15, 0.2) is 54.7 Å². The van der Waals surface area contributed by atoms with Crippen LogP contribution in [0.5, 0.6) is 0 Å². The van der Waals surface area contributed by atoms with E-state index < -0.39 is 6.09 Å². The maximum absolute atomic E-state index is 14.3. The normalized spacial score (nSPS) is 18.7. The Kier molecular flexibility index (Phi) is 10.2. The van der Waals surface area contributed by atoms with Crippen molar-refractivity contribution >= 4 is 40.8 Å². The molecule has 11 heteroatoms. The second-order valence-electron chi connectivity index (χ2n) is 10.8. The predicted octanol–water partition coefficient (Wildman–Crippen LogP) is 6.98. The van der Waals surface area contributed by atoms with Gasteiger partial charge in [0.2, 0.25) is 0 Å². The zero-order valence-electron chi connectivity index (χ0n) is 23.5. The van der Waals surface area contributed by atoms with Crippen LogP contribution in [-0.4, -0.2) is 65.7 Å². The van der Waals surface area contributed by atoms with Crippen LogP contribution in [0.1, 0.15) is 37.3 Å². The largest absolute Gasteiger partial charge is 0.444 e. The number of benzene rings is 2. The van der Waals surface area contributed by atoms with Crippen LogP contribution in [-0.2, 0) is 17.9 Å². The van der Waals surface area contributed by atoms with Gasteiger partial charge in [-0.1, -0.05) is 36.2 Å². The molecular formula is C31H35Cl2F2N5O2. The van der Waals surface area contributed by atoms with Gasteiger partial charge in [-0.2, -0.15) is 0 Å². The number of piperidine rings is 1. The summed E-state index contributed by atoms with van der Waals surface area (Å²) in [5.41, 5.74) is 1.80. The van der Waals surface area contributed by atoms with Crippen LogP contribution >= 0.6 is 23.2 Å². The predicted molar refractivity (Wildman–Crippen MR) is 162 cm³/mol. The van der Waals surface area contributed by atoms with Gasteiger partial charge < -0.3 is 9.64 Å². The van der Waals surface area contributed by atoms with Gasteiger partial charge in [0.25, 0.3) is 0 Å². The molecule has 224 valence electrons. The van der Waals surface area contributed by atoms with Crippen molar-refractivity contribution in [3.8, 4) is 0 Å². The number of carbonyl (C=O) groups is 1. The highest BCUT2D eigenvalue weighted by molar-refractivity contribution is 6.33. The Hall–Kier alpha value is -2.98. The van der Waals surface area contributed by atoms with Crippen molar-refractivity contribution in [3.05, 3.63) is 87.5 Å². The number of piperazine rings is 1. The molecule has 0 bridgehead atoms. The van der Waals surface area contributed by atoms with E-state index >= 15 is 0 Å². The lowest BCUT2D eigenvalue weighted by Crippen LogP contribution is -2.58. The first-order chi connectivity index (χ1) is 20.3. The molecule has 0 radical (unpaired) electrons. The van der Waals surface area contributed by atoms with E-state index in [0.717, 1.165) is 57.8 Å². The Morgan fingerprint density at radius 1 is 1.05 bits per heavy atom. The third-order valence-electron chi connectivity index (χ3n) is 8.07. The summed E-state index contributed by atoms with van der Waals surface area (Å²) < 4.78 is 32.6. The van der Waals surface area contributed by atoms with Crippen LogP contribution in [0.4, 0.5) is 25.1 Å². The lowest BCUT2D eigenvalue weighted by Gasteiger charge is -2.47. The molecule has 2 aliphatic rings. The van der Waals surface area contributed by atoms with Crippen LogP contribution < -0.4 is 10.2 Å². The van der Waals surface area contributed by atoms with Crippen LogP contribution in [0.25, 0.3) is 0 Å². The standard InChI is InChI=1S/C31H35Cl2F2N5O2/c1-2-26-19-39(13-14-40(26)27-9-11-38(12-10-27)18-22-3-4-23(32)16-29(22)35)30-28(33)15-21(17-36-30)20-42-31(41)37-25-7-5-24(34)6-8-25/h3-8,15-17,26-27H,2,9-14,18-20H2,1H3,(H,37,41)/t26-/m0/s1. The van der Waals surface area contributed by atoms with Gasteiger partial charge in [-0.15, -0.1) is 0 Å². The molecule has 1 atom stereocenters. The maximum atomic E-state index is 14.3. The molecule has 7 nitrogen and oxygen atoms in total. The summed E-state index contributed by atoms with van der Waals surface area (Å²) in [7, 11) is 0. The highest BCUT2D eigenvalue weighted by Gasteiger charge is 2.34. The molecule has 1 aromatic heterocycles. The molecule has 2 aromatic carbocycles. The minimum absolute atomic E-state index is 0.00868. The number of halogens is 4. The Balaban J connectivity index is 1.11. The van der Waals surface area contributed by atoms with Crippen molar-refractivity contribution in [1.82, 2.24) is 14.8 Å². The molecule has 2 aliphatic heterocycles. The Bertz CT molecular complexity index is 1370. The monoisotopic (exact) mass is 617 g/mol. The van der Waals surface area contributed by atoms with Crippen molar-refractivity contribution < 1.29 is 18.3 Å². The van der Waals surface area contributed by atoms with Crippen molar-refractivity contribution in [3.63, 3.8) is 0 Å². The Morgan fingerprint density at radius 2 is 1.81 bits per heavy atom. The molecule has 3 heterocycles. The maximum Gasteiger partial charge on any atom is 0.411 e. The number of hydrogen-bond donors (Lipinski definition) is 1. The molecular weight excluding hydrogens is 583 g/mol. The fourth-order valence-corrected chi connectivity index (χ4v) is 6.29. The lowest BCUT2D eigenvalue weighted by atomic mass is 9.97. The number of pyridine rings is 1. The van der Waals surface area contributed by atoms with Crippen molar-refractivity contribution in [2.45, 2.75) is 51.4 Å². The lowest BCUT2D eigenvalue weighted by molar-refractivity contribution is 0.0607. The molecule has 1 amide bonds. The van der Waals surface area contributed by atoms with E-state index in [0.29, 0.717) is 45.5 Å². The number of likely N-dealkylation sites (tertiary alicyclic amines) is 1. The molecule has 2 fully saturated rings. The molecule has 42 heavy (non-hydrogen) atoms. The SMILES string of the molecule is CC[C@H]1CN(c2ncc(COC(=O)Nc3ccc(F)cc3)cc2Cl)CCN1C1CCN(Cc2ccc(Cl)cc2F)CC1. The molecule has 0 unspecified atom stereocenters. The van der Waals surface area contributed by atoms with Gasteiger partial charge in [0.1, 0.15) is 24.1 Å². The average molecular weight is 619 g/mol. The number of ether oxygens (including phenoxy) is 1. The average Bonchev–Trinajstić information content (AvgIpc) is 2.99. The zero-order chi connectivity index (χ0) is 29.6. The van der Waals surface area contributed by atoms with Crippen molar-refractivity contribution in [2.75, 3.05) is 42.9 Å². The second-order valence-corrected chi connectivity index (χ2v) is 11.7. The molecule has 0 aliphatic carbocycles. The molecule has 3 aromatic rings. The summed E-state index contributed by atoms with van der Waals surface area (Å²) in [4.78, 5) is 23.9. The van der Waals surface area contributed by atoms with Gasteiger partial charge >= 0.3 is 6.09 Å². The van der Waals surface area contributed by atoms with Crippen LogP contribution in [0.3, 0.4) is 0 Å². The van der Waals surface area contributed by atoms with Crippen LogP contribution in [0.2, 0.25) is 10.0 Å². The first-order valence-electron chi connectivity index (χ1n) is 14.3. The second kappa shape index (κ2) is 14.0. The van der Waals surface area contributed by atoms with E-state index in [-0.39, 0.29) is 18.2 Å². The van der Waals surface area contributed by atoms with E-state index in [2.05, 4.69) is 31.9 Å². The zero-order valence-corrected chi connectivity index (χ0v) is 25.1. The molecule has 2 saturated heterocycles. The molecule has 0 saturated carbocycles. The quantitative estimate of drug-likeness (QED) is 0.294. The fraction of sp³-hybridized carbons (Fsp3) is 0.419. The van der Waals surface area contributed by atoms with E-state index in [1.807, 2.05) is 0 Å². The first-order valence-corrected chi connectivity index (χ1v) is 15.1. The number of nitrogens with one attached hydrogen (secondary N) is 1.